The third-order valence-corrected chi connectivity index (χ3v) is 3.64. The highest BCUT2D eigenvalue weighted by Gasteiger charge is 2.37. The number of aryl methyl sites for hydroxylation is 1. The van der Waals surface area contributed by atoms with E-state index in [0.29, 0.717) is 31.9 Å². The van der Waals surface area contributed by atoms with E-state index in [1.165, 1.54) is 0 Å². The van der Waals surface area contributed by atoms with Crippen molar-refractivity contribution >= 4 is 11.6 Å². The van der Waals surface area contributed by atoms with Gasteiger partial charge in [0.2, 0.25) is 0 Å². The molecule has 0 aliphatic carbocycles. The van der Waals surface area contributed by atoms with E-state index in [1.807, 2.05) is 32.0 Å². The number of ether oxygens (including phenoxy) is 1. The molecule has 1 aromatic rings. The van der Waals surface area contributed by atoms with Crippen molar-refractivity contribution in [2.45, 2.75) is 13.8 Å². The minimum atomic E-state index is -0.186. The molecule has 1 saturated heterocycles. The number of carbonyl (C=O) groups is 1. The second-order valence-electron chi connectivity index (χ2n) is 5.39. The molecule has 1 aliphatic heterocycles. The lowest BCUT2D eigenvalue weighted by Crippen LogP contribution is -2.50. The van der Waals surface area contributed by atoms with Crippen LogP contribution in [0.3, 0.4) is 0 Å². The maximum atomic E-state index is 11.8. The van der Waals surface area contributed by atoms with Gasteiger partial charge in [0, 0.05) is 24.3 Å². The fourth-order valence-electron chi connectivity index (χ4n) is 2.14. The predicted molar refractivity (Wildman–Crippen MR) is 78.0 cm³/mol. The van der Waals surface area contributed by atoms with Crippen LogP contribution in [-0.2, 0) is 4.74 Å². The summed E-state index contributed by atoms with van der Waals surface area (Å²) in [6, 6.07) is 5.60. The summed E-state index contributed by atoms with van der Waals surface area (Å²) in [6.45, 7) is 6.40. The molecule has 110 valence electrons. The van der Waals surface area contributed by atoms with Crippen molar-refractivity contribution in [2.24, 2.45) is 5.41 Å². The Hall–Kier alpha value is -1.59. The van der Waals surface area contributed by atoms with Gasteiger partial charge in [-0.3, -0.25) is 4.79 Å². The van der Waals surface area contributed by atoms with Gasteiger partial charge in [0.1, 0.15) is 0 Å². The van der Waals surface area contributed by atoms with Crippen molar-refractivity contribution in [1.29, 1.82) is 0 Å². The normalized spacial score (nSPS) is 16.4. The van der Waals surface area contributed by atoms with Crippen molar-refractivity contribution in [3.8, 4) is 0 Å². The number of nitrogens with one attached hydrogen (secondary N) is 2. The Bertz CT molecular complexity index is 478. The third-order valence-electron chi connectivity index (χ3n) is 3.64. The van der Waals surface area contributed by atoms with Crippen LogP contribution in [0.2, 0.25) is 0 Å². The minimum absolute atomic E-state index is 0.0700. The Labute approximate surface area is 119 Å². The average molecular weight is 278 g/mol. The lowest BCUT2D eigenvalue weighted by Gasteiger charge is -2.40. The fraction of sp³-hybridized carbons (Fsp3) is 0.533. The molecule has 0 atom stereocenters. The van der Waals surface area contributed by atoms with E-state index in [0.717, 1.165) is 11.3 Å². The third kappa shape index (κ3) is 3.11. The van der Waals surface area contributed by atoms with Crippen LogP contribution in [0.15, 0.2) is 18.2 Å². The lowest BCUT2D eigenvalue weighted by atomic mass is 9.87. The summed E-state index contributed by atoms with van der Waals surface area (Å²) < 4.78 is 5.18. The number of hydrogen-bond acceptors (Lipinski definition) is 4. The number of rotatable bonds is 6. The van der Waals surface area contributed by atoms with Crippen molar-refractivity contribution < 1.29 is 14.6 Å². The van der Waals surface area contributed by atoms with E-state index in [1.54, 1.807) is 0 Å². The first-order valence-electron chi connectivity index (χ1n) is 6.91. The van der Waals surface area contributed by atoms with Crippen molar-refractivity contribution in [3.05, 3.63) is 29.3 Å². The van der Waals surface area contributed by atoms with Crippen molar-refractivity contribution in [3.63, 3.8) is 0 Å². The smallest absolute Gasteiger partial charge is 0.251 e. The van der Waals surface area contributed by atoms with Gasteiger partial charge in [-0.2, -0.15) is 0 Å². The van der Waals surface area contributed by atoms with Gasteiger partial charge in [-0.05, 0) is 31.5 Å². The highest BCUT2D eigenvalue weighted by molar-refractivity contribution is 5.95. The first-order valence-corrected chi connectivity index (χ1v) is 6.91. The highest BCUT2D eigenvalue weighted by atomic mass is 16.5. The van der Waals surface area contributed by atoms with Gasteiger partial charge in [0.05, 0.1) is 25.2 Å². The largest absolute Gasteiger partial charge is 0.396 e. The monoisotopic (exact) mass is 278 g/mol. The highest BCUT2D eigenvalue weighted by Crippen LogP contribution is 2.28. The molecule has 0 aromatic heterocycles. The Balaban J connectivity index is 2.06. The molecule has 5 nitrogen and oxygen atoms in total. The molecular weight excluding hydrogens is 256 g/mol. The topological polar surface area (TPSA) is 70.6 Å². The maximum Gasteiger partial charge on any atom is 0.251 e. The molecule has 0 saturated carbocycles. The van der Waals surface area contributed by atoms with Gasteiger partial charge >= 0.3 is 0 Å². The zero-order valence-corrected chi connectivity index (χ0v) is 12.0. The number of carbonyl (C=O) groups excluding carboxylic acids is 1. The summed E-state index contributed by atoms with van der Waals surface area (Å²) in [5.74, 6) is -0.0700. The van der Waals surface area contributed by atoms with Crippen LogP contribution in [-0.4, -0.2) is 43.9 Å². The predicted octanol–water partition coefficient (Wildman–Crippen LogP) is 1.17. The quantitative estimate of drug-likeness (QED) is 0.730. The SMILES string of the molecule is CCNC(=O)c1ccc(C)c(NCC2(CO)COC2)c1. The summed E-state index contributed by atoms with van der Waals surface area (Å²) in [5.41, 5.74) is 2.46. The molecular formula is C15H22N2O3. The first kappa shape index (κ1) is 14.8. The summed E-state index contributed by atoms with van der Waals surface area (Å²) in [4.78, 5) is 11.8. The van der Waals surface area contributed by atoms with Crippen LogP contribution < -0.4 is 10.6 Å². The van der Waals surface area contributed by atoms with Gasteiger partial charge in [0.25, 0.3) is 5.91 Å². The van der Waals surface area contributed by atoms with Gasteiger partial charge in [-0.15, -0.1) is 0 Å². The van der Waals surface area contributed by atoms with E-state index in [2.05, 4.69) is 10.6 Å². The van der Waals surface area contributed by atoms with E-state index < -0.39 is 0 Å². The molecule has 0 spiro atoms. The van der Waals surface area contributed by atoms with Gasteiger partial charge in [-0.1, -0.05) is 6.07 Å². The summed E-state index contributed by atoms with van der Waals surface area (Å²) in [5, 5.41) is 15.5. The summed E-state index contributed by atoms with van der Waals surface area (Å²) in [7, 11) is 0. The summed E-state index contributed by atoms with van der Waals surface area (Å²) in [6.07, 6.45) is 0. The Morgan fingerprint density at radius 2 is 2.20 bits per heavy atom. The molecule has 1 aromatic carbocycles. The Morgan fingerprint density at radius 1 is 1.45 bits per heavy atom. The molecule has 1 amide bonds. The zero-order chi connectivity index (χ0) is 14.6. The van der Waals surface area contributed by atoms with E-state index >= 15 is 0 Å². The second-order valence-corrected chi connectivity index (χ2v) is 5.39. The van der Waals surface area contributed by atoms with Crippen LogP contribution in [0, 0.1) is 12.3 Å². The Kier molecular flexibility index (Phi) is 4.62. The van der Waals surface area contributed by atoms with Crippen LogP contribution >= 0.6 is 0 Å². The number of aliphatic hydroxyl groups excluding tert-OH is 1. The Morgan fingerprint density at radius 3 is 2.75 bits per heavy atom. The first-order chi connectivity index (χ1) is 9.60. The molecule has 0 bridgehead atoms. The number of aliphatic hydroxyl groups is 1. The second kappa shape index (κ2) is 6.24. The van der Waals surface area contributed by atoms with Crippen LogP contribution in [0.4, 0.5) is 5.69 Å². The van der Waals surface area contributed by atoms with Crippen molar-refractivity contribution in [1.82, 2.24) is 5.32 Å². The number of benzene rings is 1. The molecule has 2 rings (SSSR count). The van der Waals surface area contributed by atoms with Gasteiger partial charge < -0.3 is 20.5 Å². The van der Waals surface area contributed by atoms with Gasteiger partial charge in [0.15, 0.2) is 0 Å². The fourth-order valence-corrected chi connectivity index (χ4v) is 2.14. The molecule has 1 aliphatic rings. The molecule has 0 radical (unpaired) electrons. The number of anilines is 1. The zero-order valence-electron chi connectivity index (χ0n) is 12.0. The minimum Gasteiger partial charge on any atom is -0.396 e. The number of hydrogen-bond donors (Lipinski definition) is 3. The molecule has 1 fully saturated rings. The maximum absolute atomic E-state index is 11.8. The average Bonchev–Trinajstić information content (AvgIpc) is 2.40. The van der Waals surface area contributed by atoms with Crippen molar-refractivity contribution in [2.75, 3.05) is 38.2 Å². The number of amides is 1. The lowest BCUT2D eigenvalue weighted by molar-refractivity contribution is -0.128. The molecule has 3 N–H and O–H groups in total. The molecule has 20 heavy (non-hydrogen) atoms. The van der Waals surface area contributed by atoms with Gasteiger partial charge in [-0.25, -0.2) is 0 Å². The van der Waals surface area contributed by atoms with E-state index in [9.17, 15) is 9.90 Å². The molecule has 5 heteroatoms. The molecule has 1 heterocycles. The van der Waals surface area contributed by atoms with E-state index in [4.69, 9.17) is 4.74 Å². The van der Waals surface area contributed by atoms with Crippen LogP contribution in [0.1, 0.15) is 22.8 Å². The summed E-state index contributed by atoms with van der Waals surface area (Å²) >= 11 is 0. The standard InChI is InChI=1S/C15H22N2O3/c1-3-16-14(19)12-5-4-11(2)13(6-12)17-7-15(8-18)9-20-10-15/h4-6,17-18H,3,7-10H2,1-2H3,(H,16,19). The van der Waals surface area contributed by atoms with Crippen LogP contribution in [0.25, 0.3) is 0 Å². The molecule has 0 unspecified atom stereocenters. The van der Waals surface area contributed by atoms with E-state index in [-0.39, 0.29) is 17.9 Å². The van der Waals surface area contributed by atoms with Crippen LogP contribution in [0.5, 0.6) is 0 Å².